The standard InChI is InChI=1S/C16H30O4S2/c1-3-21-11-5-7-13(15(17)18)9-10-14(16(19)20)8-6-12-22-4-2/h13-14H,3-12H2,1-2H3,(H,17,18)(H,19,20). The lowest BCUT2D eigenvalue weighted by Crippen LogP contribution is -2.19. The molecule has 22 heavy (non-hydrogen) atoms. The SMILES string of the molecule is CCSCCCC(CCC(CCCSCC)C(=O)O)C(=O)O. The summed E-state index contributed by atoms with van der Waals surface area (Å²) < 4.78 is 0. The first-order chi connectivity index (χ1) is 10.5. The summed E-state index contributed by atoms with van der Waals surface area (Å²) in [6.45, 7) is 4.18. The minimum absolute atomic E-state index is 0.399. The van der Waals surface area contributed by atoms with Crippen molar-refractivity contribution in [3.8, 4) is 0 Å². The Bertz CT molecular complexity index is 281. The van der Waals surface area contributed by atoms with Crippen LogP contribution in [0.15, 0.2) is 0 Å². The van der Waals surface area contributed by atoms with Crippen LogP contribution in [0.5, 0.6) is 0 Å². The van der Waals surface area contributed by atoms with E-state index in [1.807, 2.05) is 23.5 Å². The molecule has 2 atom stereocenters. The molecule has 0 spiro atoms. The molecule has 0 bridgehead atoms. The van der Waals surface area contributed by atoms with E-state index < -0.39 is 23.8 Å². The molecule has 2 unspecified atom stereocenters. The lowest BCUT2D eigenvalue weighted by atomic mass is 9.90. The zero-order chi connectivity index (χ0) is 16.8. The van der Waals surface area contributed by atoms with Gasteiger partial charge in [-0.05, 0) is 61.5 Å². The number of aliphatic carboxylic acids is 2. The van der Waals surface area contributed by atoms with E-state index in [-0.39, 0.29) is 0 Å². The number of thioether (sulfide) groups is 2. The lowest BCUT2D eigenvalue weighted by Gasteiger charge is -2.16. The summed E-state index contributed by atoms with van der Waals surface area (Å²) in [6, 6.07) is 0. The molecule has 0 aliphatic heterocycles. The van der Waals surface area contributed by atoms with Gasteiger partial charge in [-0.3, -0.25) is 9.59 Å². The number of carbonyl (C=O) groups is 2. The number of rotatable bonds is 15. The van der Waals surface area contributed by atoms with Crippen molar-refractivity contribution in [2.45, 2.75) is 52.4 Å². The second kappa shape index (κ2) is 14.2. The molecular formula is C16H30O4S2. The Hall–Kier alpha value is -0.360. The first kappa shape index (κ1) is 21.6. The Labute approximate surface area is 142 Å². The third-order valence-electron chi connectivity index (χ3n) is 3.65. The van der Waals surface area contributed by atoms with Gasteiger partial charge in [-0.1, -0.05) is 13.8 Å². The molecule has 0 saturated heterocycles. The van der Waals surface area contributed by atoms with Gasteiger partial charge in [0.15, 0.2) is 0 Å². The van der Waals surface area contributed by atoms with Gasteiger partial charge >= 0.3 is 11.9 Å². The van der Waals surface area contributed by atoms with Gasteiger partial charge in [0.2, 0.25) is 0 Å². The molecule has 0 amide bonds. The van der Waals surface area contributed by atoms with Crippen LogP contribution >= 0.6 is 23.5 Å². The molecule has 0 aromatic heterocycles. The number of hydrogen-bond donors (Lipinski definition) is 2. The normalized spacial score (nSPS) is 13.7. The van der Waals surface area contributed by atoms with E-state index in [4.69, 9.17) is 0 Å². The summed E-state index contributed by atoms with van der Waals surface area (Å²) in [7, 11) is 0. The van der Waals surface area contributed by atoms with Gasteiger partial charge in [0.25, 0.3) is 0 Å². The third-order valence-corrected chi connectivity index (χ3v) is 5.62. The smallest absolute Gasteiger partial charge is 0.306 e. The minimum atomic E-state index is -0.785. The van der Waals surface area contributed by atoms with Crippen LogP contribution in [0.1, 0.15) is 52.4 Å². The maximum absolute atomic E-state index is 11.3. The summed E-state index contributed by atoms with van der Waals surface area (Å²) in [5, 5.41) is 18.5. The van der Waals surface area contributed by atoms with Gasteiger partial charge in [-0.25, -0.2) is 0 Å². The molecule has 4 nitrogen and oxygen atoms in total. The van der Waals surface area contributed by atoms with Gasteiger partial charge in [0, 0.05) is 0 Å². The quantitative estimate of drug-likeness (QED) is 0.430. The highest BCUT2D eigenvalue weighted by Crippen LogP contribution is 2.22. The fourth-order valence-corrected chi connectivity index (χ4v) is 3.66. The van der Waals surface area contributed by atoms with Crippen molar-refractivity contribution in [3.05, 3.63) is 0 Å². The average Bonchev–Trinajstić information content (AvgIpc) is 2.47. The Morgan fingerprint density at radius 2 is 1.14 bits per heavy atom. The average molecular weight is 351 g/mol. The maximum Gasteiger partial charge on any atom is 0.306 e. The Morgan fingerprint density at radius 1 is 0.773 bits per heavy atom. The van der Waals surface area contributed by atoms with E-state index in [2.05, 4.69) is 13.8 Å². The van der Waals surface area contributed by atoms with Crippen LogP contribution in [-0.4, -0.2) is 45.2 Å². The predicted octanol–water partition coefficient (Wildman–Crippen LogP) is 4.23. The van der Waals surface area contributed by atoms with Crippen molar-refractivity contribution in [2.24, 2.45) is 11.8 Å². The van der Waals surface area contributed by atoms with Gasteiger partial charge < -0.3 is 10.2 Å². The highest BCUT2D eigenvalue weighted by atomic mass is 32.2. The zero-order valence-corrected chi connectivity index (χ0v) is 15.4. The topological polar surface area (TPSA) is 74.6 Å². The van der Waals surface area contributed by atoms with Gasteiger partial charge in [0.05, 0.1) is 11.8 Å². The zero-order valence-electron chi connectivity index (χ0n) is 13.8. The van der Waals surface area contributed by atoms with Crippen molar-refractivity contribution < 1.29 is 19.8 Å². The molecule has 0 aromatic carbocycles. The van der Waals surface area contributed by atoms with Crippen molar-refractivity contribution in [2.75, 3.05) is 23.0 Å². The summed E-state index contributed by atoms with van der Waals surface area (Å²) in [5.41, 5.74) is 0. The monoisotopic (exact) mass is 350 g/mol. The molecule has 0 aliphatic carbocycles. The first-order valence-corrected chi connectivity index (χ1v) is 10.4. The largest absolute Gasteiger partial charge is 0.481 e. The highest BCUT2D eigenvalue weighted by molar-refractivity contribution is 7.99. The summed E-state index contributed by atoms with van der Waals surface area (Å²) >= 11 is 3.63. The van der Waals surface area contributed by atoms with E-state index in [0.717, 1.165) is 35.9 Å². The van der Waals surface area contributed by atoms with Crippen LogP contribution in [0.4, 0.5) is 0 Å². The van der Waals surface area contributed by atoms with Crippen LogP contribution in [0, 0.1) is 11.8 Å². The van der Waals surface area contributed by atoms with Gasteiger partial charge in [0.1, 0.15) is 0 Å². The molecule has 0 radical (unpaired) electrons. The summed E-state index contributed by atoms with van der Waals surface area (Å²) in [4.78, 5) is 22.6. The minimum Gasteiger partial charge on any atom is -0.481 e. The summed E-state index contributed by atoms with van der Waals surface area (Å²) in [5.74, 6) is 1.70. The molecular weight excluding hydrogens is 320 g/mol. The van der Waals surface area contributed by atoms with Crippen LogP contribution in [0.25, 0.3) is 0 Å². The van der Waals surface area contributed by atoms with Crippen LogP contribution in [0.2, 0.25) is 0 Å². The van der Waals surface area contributed by atoms with E-state index >= 15 is 0 Å². The van der Waals surface area contributed by atoms with Crippen LogP contribution < -0.4 is 0 Å². The van der Waals surface area contributed by atoms with Gasteiger partial charge in [-0.2, -0.15) is 23.5 Å². The van der Waals surface area contributed by atoms with Crippen molar-refractivity contribution in [3.63, 3.8) is 0 Å². The number of hydrogen-bond acceptors (Lipinski definition) is 4. The fourth-order valence-electron chi connectivity index (χ4n) is 2.34. The molecule has 130 valence electrons. The lowest BCUT2D eigenvalue weighted by molar-refractivity contribution is -0.145. The third kappa shape index (κ3) is 11.2. The van der Waals surface area contributed by atoms with Crippen LogP contribution in [-0.2, 0) is 9.59 Å². The van der Waals surface area contributed by atoms with E-state index in [9.17, 15) is 19.8 Å². The van der Waals surface area contributed by atoms with E-state index in [1.165, 1.54) is 0 Å². The molecule has 0 heterocycles. The van der Waals surface area contributed by atoms with Crippen molar-refractivity contribution in [1.29, 1.82) is 0 Å². The maximum atomic E-state index is 11.3. The predicted molar refractivity (Wildman–Crippen MR) is 96.0 cm³/mol. The van der Waals surface area contributed by atoms with Crippen LogP contribution in [0.3, 0.4) is 0 Å². The Morgan fingerprint density at radius 3 is 1.41 bits per heavy atom. The number of carboxylic acid groups (broad SMARTS) is 2. The van der Waals surface area contributed by atoms with E-state index in [0.29, 0.717) is 25.7 Å². The highest BCUT2D eigenvalue weighted by Gasteiger charge is 2.22. The van der Waals surface area contributed by atoms with Crippen molar-refractivity contribution in [1.82, 2.24) is 0 Å². The van der Waals surface area contributed by atoms with Crippen molar-refractivity contribution >= 4 is 35.5 Å². The molecule has 0 rings (SSSR count). The number of carboxylic acids is 2. The second-order valence-electron chi connectivity index (χ2n) is 5.33. The molecule has 0 aliphatic rings. The Kier molecular flexibility index (Phi) is 14.0. The van der Waals surface area contributed by atoms with Gasteiger partial charge in [-0.15, -0.1) is 0 Å². The molecule has 0 aromatic rings. The molecule has 2 N–H and O–H groups in total. The summed E-state index contributed by atoms with van der Waals surface area (Å²) in [6.07, 6.45) is 4.04. The fraction of sp³-hybridized carbons (Fsp3) is 0.875. The van der Waals surface area contributed by atoms with E-state index in [1.54, 1.807) is 0 Å². The molecule has 0 saturated carbocycles. The second-order valence-corrected chi connectivity index (χ2v) is 8.11. The first-order valence-electron chi connectivity index (χ1n) is 8.13. The molecule has 6 heteroatoms. The molecule has 0 fully saturated rings. The Balaban J connectivity index is 4.15.